The lowest BCUT2D eigenvalue weighted by Crippen LogP contribution is -2.17. The molecule has 0 aliphatic carbocycles. The van der Waals surface area contributed by atoms with E-state index in [0.29, 0.717) is 13.2 Å². The molecule has 1 N–H and O–H groups in total. The summed E-state index contributed by atoms with van der Waals surface area (Å²) in [4.78, 5) is 1.11. The second-order valence-electron chi connectivity index (χ2n) is 4.52. The molecule has 0 aliphatic rings. The minimum absolute atomic E-state index is 0.0554. The number of nitrogens with zero attached hydrogens (tertiary/aromatic N) is 2. The lowest BCUT2D eigenvalue weighted by atomic mass is 10.0. The summed E-state index contributed by atoms with van der Waals surface area (Å²) in [5.74, 6) is 1.55. The normalized spacial score (nSPS) is 12.2. The van der Waals surface area contributed by atoms with Crippen molar-refractivity contribution in [1.82, 2.24) is 14.9 Å². The van der Waals surface area contributed by atoms with Crippen LogP contribution in [0.4, 0.5) is 0 Å². The maximum Gasteiger partial charge on any atom is 0.161 e. The molecule has 6 heteroatoms. The molecular weight excluding hydrogens is 286 g/mol. The van der Waals surface area contributed by atoms with Gasteiger partial charge in [-0.2, -0.15) is 0 Å². The number of nitrogens with one attached hydrogen (secondary N) is 1. The van der Waals surface area contributed by atoms with Gasteiger partial charge in [0.15, 0.2) is 11.5 Å². The fourth-order valence-electron chi connectivity index (χ4n) is 2.20. The highest BCUT2D eigenvalue weighted by atomic mass is 32.1. The zero-order valence-electron chi connectivity index (χ0n) is 12.8. The molecule has 0 saturated heterocycles. The Morgan fingerprint density at radius 2 is 1.90 bits per heavy atom. The van der Waals surface area contributed by atoms with Gasteiger partial charge in [-0.05, 0) is 57.0 Å². The molecule has 1 unspecified atom stereocenters. The van der Waals surface area contributed by atoms with Gasteiger partial charge in [-0.3, -0.25) is 0 Å². The maximum atomic E-state index is 5.69. The summed E-state index contributed by atoms with van der Waals surface area (Å²) in [6.45, 7) is 7.13. The maximum absolute atomic E-state index is 5.69. The van der Waals surface area contributed by atoms with E-state index < -0.39 is 0 Å². The molecule has 1 aromatic heterocycles. The van der Waals surface area contributed by atoms with Crippen LogP contribution in [-0.2, 0) is 0 Å². The highest BCUT2D eigenvalue weighted by Gasteiger charge is 2.19. The highest BCUT2D eigenvalue weighted by molar-refractivity contribution is 7.05. The largest absolute Gasteiger partial charge is 0.490 e. The second kappa shape index (κ2) is 7.38. The van der Waals surface area contributed by atoms with Gasteiger partial charge >= 0.3 is 0 Å². The average Bonchev–Trinajstić information content (AvgIpc) is 2.89. The first kappa shape index (κ1) is 15.7. The van der Waals surface area contributed by atoms with E-state index in [9.17, 15) is 0 Å². The predicted molar refractivity (Wildman–Crippen MR) is 84.3 cm³/mol. The summed E-state index contributed by atoms with van der Waals surface area (Å²) in [6, 6.07) is 6.08. The number of aromatic nitrogens is 2. The van der Waals surface area contributed by atoms with Crippen LogP contribution in [0.2, 0.25) is 0 Å². The number of hydrogen-bond acceptors (Lipinski definition) is 6. The van der Waals surface area contributed by atoms with Gasteiger partial charge in [0.1, 0.15) is 0 Å². The standard InChI is InChI=1S/C15H21N3O2S/c1-5-19-12-8-7-11(9-13(12)20-6-2)14(16-4)15-10(3)17-18-21-15/h7-9,14,16H,5-6H2,1-4H3. The van der Waals surface area contributed by atoms with Crippen molar-refractivity contribution in [2.24, 2.45) is 0 Å². The Morgan fingerprint density at radius 3 is 2.48 bits per heavy atom. The van der Waals surface area contributed by atoms with Crippen molar-refractivity contribution < 1.29 is 9.47 Å². The Hall–Kier alpha value is -1.66. The van der Waals surface area contributed by atoms with E-state index in [2.05, 4.69) is 14.9 Å². The van der Waals surface area contributed by atoms with E-state index in [4.69, 9.17) is 9.47 Å². The van der Waals surface area contributed by atoms with Crippen LogP contribution in [0.3, 0.4) is 0 Å². The van der Waals surface area contributed by atoms with Crippen molar-refractivity contribution in [3.8, 4) is 11.5 Å². The third-order valence-corrected chi connectivity index (χ3v) is 4.03. The lowest BCUT2D eigenvalue weighted by molar-refractivity contribution is 0.287. The van der Waals surface area contributed by atoms with Crippen molar-refractivity contribution in [3.63, 3.8) is 0 Å². The fraction of sp³-hybridized carbons (Fsp3) is 0.467. The van der Waals surface area contributed by atoms with E-state index in [1.807, 2.05) is 46.0 Å². The Balaban J connectivity index is 2.38. The fourth-order valence-corrected chi connectivity index (χ4v) is 2.98. The SMILES string of the molecule is CCOc1ccc(C(NC)c2snnc2C)cc1OCC. The molecule has 114 valence electrons. The van der Waals surface area contributed by atoms with Crippen LogP contribution < -0.4 is 14.8 Å². The minimum Gasteiger partial charge on any atom is -0.490 e. The van der Waals surface area contributed by atoms with Crippen molar-refractivity contribution in [2.45, 2.75) is 26.8 Å². The van der Waals surface area contributed by atoms with E-state index in [0.717, 1.165) is 27.6 Å². The molecule has 0 radical (unpaired) electrons. The van der Waals surface area contributed by atoms with E-state index >= 15 is 0 Å². The molecule has 0 aliphatic heterocycles. The summed E-state index contributed by atoms with van der Waals surface area (Å²) in [6.07, 6.45) is 0. The molecule has 0 spiro atoms. The molecule has 2 aromatic rings. The molecule has 1 heterocycles. The quantitative estimate of drug-likeness (QED) is 0.852. The molecule has 5 nitrogen and oxygen atoms in total. The van der Waals surface area contributed by atoms with Crippen molar-refractivity contribution in [1.29, 1.82) is 0 Å². The zero-order valence-corrected chi connectivity index (χ0v) is 13.7. The van der Waals surface area contributed by atoms with Gasteiger partial charge in [0, 0.05) is 0 Å². The van der Waals surface area contributed by atoms with Crippen molar-refractivity contribution in [2.75, 3.05) is 20.3 Å². The van der Waals surface area contributed by atoms with E-state index in [1.165, 1.54) is 11.5 Å². The number of benzene rings is 1. The van der Waals surface area contributed by atoms with Gasteiger partial charge < -0.3 is 14.8 Å². The van der Waals surface area contributed by atoms with Crippen LogP contribution in [0.15, 0.2) is 18.2 Å². The van der Waals surface area contributed by atoms with Gasteiger partial charge in [0.25, 0.3) is 0 Å². The van der Waals surface area contributed by atoms with Gasteiger partial charge in [0.2, 0.25) is 0 Å². The Kier molecular flexibility index (Phi) is 5.52. The van der Waals surface area contributed by atoms with Crippen LogP contribution in [0.5, 0.6) is 11.5 Å². The lowest BCUT2D eigenvalue weighted by Gasteiger charge is -2.18. The summed E-state index contributed by atoms with van der Waals surface area (Å²) < 4.78 is 15.3. The summed E-state index contributed by atoms with van der Waals surface area (Å²) in [5.41, 5.74) is 2.06. The minimum atomic E-state index is 0.0554. The Labute approximate surface area is 129 Å². The van der Waals surface area contributed by atoms with E-state index in [1.54, 1.807) is 0 Å². The molecule has 0 saturated carbocycles. The molecule has 1 aromatic carbocycles. The molecule has 0 amide bonds. The molecule has 0 fully saturated rings. The topological polar surface area (TPSA) is 56.3 Å². The predicted octanol–water partition coefficient (Wildman–Crippen LogP) is 2.95. The van der Waals surface area contributed by atoms with E-state index in [-0.39, 0.29) is 6.04 Å². The molecule has 1 atom stereocenters. The Bertz CT molecular complexity index is 586. The van der Waals surface area contributed by atoms with Crippen LogP contribution >= 0.6 is 11.5 Å². The molecule has 2 rings (SSSR count). The highest BCUT2D eigenvalue weighted by Crippen LogP contribution is 2.34. The Morgan fingerprint density at radius 1 is 1.19 bits per heavy atom. The van der Waals surface area contributed by atoms with Crippen LogP contribution in [0.25, 0.3) is 0 Å². The van der Waals surface area contributed by atoms with Gasteiger partial charge in [-0.1, -0.05) is 10.6 Å². The third-order valence-electron chi connectivity index (χ3n) is 3.14. The first-order valence-corrected chi connectivity index (χ1v) is 7.84. The summed E-state index contributed by atoms with van der Waals surface area (Å²) >= 11 is 1.42. The number of hydrogen-bond donors (Lipinski definition) is 1. The molecule has 0 bridgehead atoms. The van der Waals surface area contributed by atoms with Gasteiger partial charge in [-0.25, -0.2) is 0 Å². The molecular formula is C15H21N3O2S. The number of rotatable bonds is 7. The van der Waals surface area contributed by atoms with Gasteiger partial charge in [-0.15, -0.1) is 5.10 Å². The number of ether oxygens (including phenoxy) is 2. The number of aryl methyl sites for hydroxylation is 1. The van der Waals surface area contributed by atoms with Crippen molar-refractivity contribution >= 4 is 11.5 Å². The van der Waals surface area contributed by atoms with Crippen LogP contribution in [0.1, 0.15) is 36.0 Å². The summed E-state index contributed by atoms with van der Waals surface area (Å²) in [5, 5.41) is 7.41. The first-order chi connectivity index (χ1) is 10.2. The second-order valence-corrected chi connectivity index (χ2v) is 5.30. The van der Waals surface area contributed by atoms with Gasteiger partial charge in [0.05, 0.1) is 29.8 Å². The van der Waals surface area contributed by atoms with Crippen LogP contribution in [-0.4, -0.2) is 29.8 Å². The zero-order chi connectivity index (χ0) is 15.2. The average molecular weight is 307 g/mol. The summed E-state index contributed by atoms with van der Waals surface area (Å²) in [7, 11) is 1.93. The van der Waals surface area contributed by atoms with Crippen LogP contribution in [0, 0.1) is 6.92 Å². The monoisotopic (exact) mass is 307 g/mol. The van der Waals surface area contributed by atoms with Crippen molar-refractivity contribution in [3.05, 3.63) is 34.3 Å². The third kappa shape index (κ3) is 3.51. The smallest absolute Gasteiger partial charge is 0.161 e. The first-order valence-electron chi connectivity index (χ1n) is 7.06. The molecule has 21 heavy (non-hydrogen) atoms.